The number of rotatable bonds is 8. The molecule has 2 N–H and O–H groups in total. The van der Waals surface area contributed by atoms with Crippen molar-refractivity contribution in [2.75, 3.05) is 0 Å². The molecule has 0 saturated carbocycles. The van der Waals surface area contributed by atoms with Gasteiger partial charge in [0.2, 0.25) is 0 Å². The van der Waals surface area contributed by atoms with Gasteiger partial charge in [-0.15, -0.1) is 0 Å². The molecule has 10 nitrogen and oxygen atoms in total. The number of nitrogens with one attached hydrogen (secondary N) is 1. The standard InChI is InChI=1S/C22H24N6O4/c1-3-8-27-19-17(20(29)28(9-4-2)22(27)32)24-18(25-19)16-11-23-26(13-16)12-14-6-5-7-15(10-14)21(30)31/h5-7,10-11,13H,3-4,8-9,12H2,1-2H3,(H,24,25)(H,30,31). The van der Waals surface area contributed by atoms with Gasteiger partial charge in [0.25, 0.3) is 5.56 Å². The van der Waals surface area contributed by atoms with Crippen molar-refractivity contribution in [3.8, 4) is 11.4 Å². The van der Waals surface area contributed by atoms with Crippen molar-refractivity contribution in [3.05, 3.63) is 68.6 Å². The minimum absolute atomic E-state index is 0.212. The van der Waals surface area contributed by atoms with E-state index in [-0.39, 0.29) is 16.8 Å². The highest BCUT2D eigenvalue weighted by atomic mass is 16.4. The molecule has 0 atom stereocenters. The lowest BCUT2D eigenvalue weighted by molar-refractivity contribution is 0.0696. The van der Waals surface area contributed by atoms with E-state index in [9.17, 15) is 14.4 Å². The molecule has 0 aliphatic carbocycles. The fraction of sp³-hybridized carbons (Fsp3) is 0.318. The van der Waals surface area contributed by atoms with Gasteiger partial charge in [-0.25, -0.2) is 14.6 Å². The maximum atomic E-state index is 12.9. The zero-order valence-electron chi connectivity index (χ0n) is 17.9. The smallest absolute Gasteiger partial charge is 0.335 e. The van der Waals surface area contributed by atoms with Crippen molar-refractivity contribution in [2.45, 2.75) is 46.3 Å². The summed E-state index contributed by atoms with van der Waals surface area (Å²) < 4.78 is 4.45. The first-order valence-corrected chi connectivity index (χ1v) is 10.5. The van der Waals surface area contributed by atoms with Gasteiger partial charge in [-0.3, -0.25) is 18.6 Å². The molecule has 1 aromatic carbocycles. The lowest BCUT2D eigenvalue weighted by Crippen LogP contribution is -2.40. The molecule has 4 aromatic rings. The number of hydrogen-bond acceptors (Lipinski definition) is 5. The number of fused-ring (bicyclic) bond motifs is 1. The SMILES string of the molecule is CCCn1c(=O)c2[nH]c(-c3cnn(Cc4cccc(C(=O)O)c4)c3)nc2n(CCC)c1=O. The highest BCUT2D eigenvalue weighted by molar-refractivity contribution is 5.87. The van der Waals surface area contributed by atoms with E-state index in [4.69, 9.17) is 5.11 Å². The van der Waals surface area contributed by atoms with Crippen LogP contribution < -0.4 is 11.2 Å². The van der Waals surface area contributed by atoms with Crippen LogP contribution >= 0.6 is 0 Å². The molecular formula is C22H24N6O4. The largest absolute Gasteiger partial charge is 0.478 e. The van der Waals surface area contributed by atoms with E-state index >= 15 is 0 Å². The fourth-order valence-electron chi connectivity index (χ4n) is 3.71. The zero-order chi connectivity index (χ0) is 22.8. The summed E-state index contributed by atoms with van der Waals surface area (Å²) in [6.07, 6.45) is 4.78. The molecule has 32 heavy (non-hydrogen) atoms. The number of benzene rings is 1. The Labute approximate surface area is 182 Å². The van der Waals surface area contributed by atoms with Gasteiger partial charge >= 0.3 is 11.7 Å². The third-order valence-corrected chi connectivity index (χ3v) is 5.18. The number of carbonyl (C=O) groups is 1. The van der Waals surface area contributed by atoms with E-state index in [1.54, 1.807) is 29.2 Å². The molecule has 0 amide bonds. The maximum Gasteiger partial charge on any atom is 0.335 e. The van der Waals surface area contributed by atoms with Crippen LogP contribution in [0.4, 0.5) is 0 Å². The molecule has 0 unspecified atom stereocenters. The Kier molecular flexibility index (Phi) is 5.76. The third kappa shape index (κ3) is 3.86. The first kappa shape index (κ1) is 21.3. The van der Waals surface area contributed by atoms with E-state index in [1.807, 2.05) is 19.9 Å². The van der Waals surface area contributed by atoms with Crippen LogP contribution in [0.15, 0.2) is 46.2 Å². The molecule has 3 heterocycles. The Morgan fingerprint density at radius 3 is 2.59 bits per heavy atom. The number of hydrogen-bond donors (Lipinski definition) is 2. The van der Waals surface area contributed by atoms with Gasteiger partial charge in [-0.1, -0.05) is 26.0 Å². The number of nitrogens with zero attached hydrogens (tertiary/aromatic N) is 5. The highest BCUT2D eigenvalue weighted by Gasteiger charge is 2.18. The Morgan fingerprint density at radius 2 is 1.88 bits per heavy atom. The van der Waals surface area contributed by atoms with E-state index in [1.165, 1.54) is 15.2 Å². The highest BCUT2D eigenvalue weighted by Crippen LogP contribution is 2.18. The predicted octanol–water partition coefficient (Wildman–Crippen LogP) is 2.32. The van der Waals surface area contributed by atoms with Crippen molar-refractivity contribution in [2.24, 2.45) is 0 Å². The van der Waals surface area contributed by atoms with E-state index in [0.29, 0.717) is 48.6 Å². The van der Waals surface area contributed by atoms with E-state index in [2.05, 4.69) is 15.1 Å². The lowest BCUT2D eigenvalue weighted by Gasteiger charge is -2.09. The first-order valence-electron chi connectivity index (χ1n) is 10.5. The van der Waals surface area contributed by atoms with Crippen LogP contribution in [-0.2, 0) is 19.6 Å². The molecule has 4 rings (SSSR count). The minimum atomic E-state index is -0.984. The Bertz CT molecular complexity index is 1410. The van der Waals surface area contributed by atoms with Crippen LogP contribution in [0.2, 0.25) is 0 Å². The first-order chi connectivity index (χ1) is 15.4. The van der Waals surface area contributed by atoms with E-state index in [0.717, 1.165) is 12.0 Å². The van der Waals surface area contributed by atoms with Gasteiger partial charge in [0.05, 0.1) is 23.9 Å². The molecule has 10 heteroatoms. The maximum absolute atomic E-state index is 12.9. The topological polar surface area (TPSA) is 128 Å². The van der Waals surface area contributed by atoms with Crippen LogP contribution in [0.1, 0.15) is 42.6 Å². The van der Waals surface area contributed by atoms with Crippen LogP contribution in [0.5, 0.6) is 0 Å². The van der Waals surface area contributed by atoms with Gasteiger partial charge < -0.3 is 10.1 Å². The van der Waals surface area contributed by atoms with Gasteiger partial charge in [-0.2, -0.15) is 5.10 Å². The number of aromatic amines is 1. The van der Waals surface area contributed by atoms with Gasteiger partial charge in [0.1, 0.15) is 11.3 Å². The second-order valence-electron chi connectivity index (χ2n) is 7.61. The summed E-state index contributed by atoms with van der Waals surface area (Å²) in [5.41, 5.74) is 1.57. The summed E-state index contributed by atoms with van der Waals surface area (Å²) in [6.45, 7) is 5.07. The Morgan fingerprint density at radius 1 is 1.12 bits per heavy atom. The monoisotopic (exact) mass is 436 g/mol. The average Bonchev–Trinajstić information content (AvgIpc) is 3.42. The van der Waals surface area contributed by atoms with Crippen molar-refractivity contribution in [3.63, 3.8) is 0 Å². The molecule has 0 radical (unpaired) electrons. The molecule has 166 valence electrons. The summed E-state index contributed by atoms with van der Waals surface area (Å²) in [7, 11) is 0. The normalized spacial score (nSPS) is 11.3. The molecule has 0 spiro atoms. The summed E-state index contributed by atoms with van der Waals surface area (Å²) in [5, 5.41) is 13.5. The predicted molar refractivity (Wildman–Crippen MR) is 119 cm³/mol. The summed E-state index contributed by atoms with van der Waals surface area (Å²) in [4.78, 5) is 44.5. The second-order valence-corrected chi connectivity index (χ2v) is 7.61. The zero-order valence-corrected chi connectivity index (χ0v) is 17.9. The average molecular weight is 436 g/mol. The fourth-order valence-corrected chi connectivity index (χ4v) is 3.71. The molecule has 0 aliphatic heterocycles. The van der Waals surface area contributed by atoms with Crippen molar-refractivity contribution in [1.82, 2.24) is 28.9 Å². The molecule has 0 aliphatic rings. The Balaban J connectivity index is 1.73. The van der Waals surface area contributed by atoms with Crippen LogP contribution in [0, 0.1) is 0 Å². The van der Waals surface area contributed by atoms with Crippen LogP contribution in [-0.4, -0.2) is 40.0 Å². The van der Waals surface area contributed by atoms with E-state index < -0.39 is 5.97 Å². The quantitative estimate of drug-likeness (QED) is 0.436. The molecular weight excluding hydrogens is 412 g/mol. The molecule has 0 bridgehead atoms. The van der Waals surface area contributed by atoms with Gasteiger partial charge in [-0.05, 0) is 30.5 Å². The molecule has 0 fully saturated rings. The lowest BCUT2D eigenvalue weighted by atomic mass is 10.1. The molecule has 0 saturated heterocycles. The summed E-state index contributed by atoms with van der Waals surface area (Å²) in [5.74, 6) is -0.539. The second kappa shape index (κ2) is 8.66. The minimum Gasteiger partial charge on any atom is -0.478 e. The number of carboxylic acid groups (broad SMARTS) is 1. The summed E-state index contributed by atoms with van der Waals surface area (Å²) in [6, 6.07) is 6.66. The summed E-state index contributed by atoms with van der Waals surface area (Å²) >= 11 is 0. The van der Waals surface area contributed by atoms with Crippen molar-refractivity contribution in [1.29, 1.82) is 0 Å². The molecule has 3 aromatic heterocycles. The number of aryl methyl sites for hydroxylation is 1. The van der Waals surface area contributed by atoms with Crippen LogP contribution in [0.3, 0.4) is 0 Å². The number of H-pyrrole nitrogens is 1. The van der Waals surface area contributed by atoms with Crippen molar-refractivity contribution < 1.29 is 9.90 Å². The number of aromatic nitrogens is 6. The number of imidazole rings is 1. The number of carboxylic acids is 1. The number of aromatic carboxylic acids is 1. The van der Waals surface area contributed by atoms with Gasteiger partial charge in [0, 0.05) is 19.3 Å². The van der Waals surface area contributed by atoms with Crippen LogP contribution in [0.25, 0.3) is 22.6 Å². The van der Waals surface area contributed by atoms with Crippen molar-refractivity contribution >= 4 is 17.1 Å². The van der Waals surface area contributed by atoms with Gasteiger partial charge in [0.15, 0.2) is 5.65 Å². The Hall–Kier alpha value is -3.95. The third-order valence-electron chi connectivity index (χ3n) is 5.18.